The number of carbonyl (C=O) groups excluding carboxylic acids is 1. The number of halogens is 3. The molecule has 1 heterocycles. The molecular formula is C18H17Cl2FN2O4S. The van der Waals surface area contributed by atoms with Crippen LogP contribution in [-0.2, 0) is 14.8 Å². The number of ether oxygens (including phenoxy) is 1. The van der Waals surface area contributed by atoms with Crippen LogP contribution >= 0.6 is 23.2 Å². The number of sulfonamides is 1. The van der Waals surface area contributed by atoms with E-state index < -0.39 is 15.8 Å². The summed E-state index contributed by atoms with van der Waals surface area (Å²) in [6, 6.07) is 9.36. The second-order valence-corrected chi connectivity index (χ2v) is 8.88. The van der Waals surface area contributed by atoms with Gasteiger partial charge in [0, 0.05) is 37.3 Å². The van der Waals surface area contributed by atoms with Crippen molar-refractivity contribution in [3.63, 3.8) is 0 Å². The zero-order chi connectivity index (χ0) is 20.3. The van der Waals surface area contributed by atoms with E-state index in [1.807, 2.05) is 0 Å². The van der Waals surface area contributed by atoms with Crippen LogP contribution in [-0.4, -0.2) is 56.3 Å². The first kappa shape index (κ1) is 20.9. The fourth-order valence-electron chi connectivity index (χ4n) is 2.75. The molecule has 2 aromatic rings. The van der Waals surface area contributed by atoms with Gasteiger partial charge in [-0.1, -0.05) is 23.2 Å². The normalized spacial score (nSPS) is 15.5. The van der Waals surface area contributed by atoms with Crippen LogP contribution in [0.3, 0.4) is 0 Å². The Morgan fingerprint density at radius 1 is 1.04 bits per heavy atom. The van der Waals surface area contributed by atoms with Crippen molar-refractivity contribution in [3.8, 4) is 5.75 Å². The van der Waals surface area contributed by atoms with Gasteiger partial charge in [-0.3, -0.25) is 4.79 Å². The Morgan fingerprint density at radius 2 is 1.68 bits per heavy atom. The van der Waals surface area contributed by atoms with Gasteiger partial charge in [-0.25, -0.2) is 12.8 Å². The molecule has 0 saturated carbocycles. The predicted molar refractivity (Wildman–Crippen MR) is 104 cm³/mol. The molecule has 0 aromatic heterocycles. The SMILES string of the molecule is O=C(COc1cc(Cl)ccc1Cl)N1CCN(S(=O)(=O)c2ccc(F)cc2)CC1. The van der Waals surface area contributed by atoms with Gasteiger partial charge in [0.25, 0.3) is 5.91 Å². The highest BCUT2D eigenvalue weighted by molar-refractivity contribution is 7.89. The lowest BCUT2D eigenvalue weighted by atomic mass is 10.3. The van der Waals surface area contributed by atoms with Crippen LogP contribution in [0.25, 0.3) is 0 Å². The van der Waals surface area contributed by atoms with Gasteiger partial charge < -0.3 is 9.64 Å². The maximum atomic E-state index is 13.0. The lowest BCUT2D eigenvalue weighted by Gasteiger charge is -2.34. The Hall–Kier alpha value is -1.87. The highest BCUT2D eigenvalue weighted by Gasteiger charge is 2.30. The van der Waals surface area contributed by atoms with Gasteiger partial charge in [0.1, 0.15) is 11.6 Å². The lowest BCUT2D eigenvalue weighted by Crippen LogP contribution is -2.51. The summed E-state index contributed by atoms with van der Waals surface area (Å²) in [5, 5.41) is 0.777. The minimum atomic E-state index is -3.73. The quantitative estimate of drug-likeness (QED) is 0.707. The first-order chi connectivity index (χ1) is 13.3. The number of hydrogen-bond acceptors (Lipinski definition) is 4. The fourth-order valence-corrected chi connectivity index (χ4v) is 4.51. The summed E-state index contributed by atoms with van der Waals surface area (Å²) < 4.78 is 44.9. The fraction of sp³-hybridized carbons (Fsp3) is 0.278. The summed E-state index contributed by atoms with van der Waals surface area (Å²) in [6.45, 7) is 0.509. The average molecular weight is 447 g/mol. The molecule has 1 amide bonds. The van der Waals surface area contributed by atoms with E-state index in [1.54, 1.807) is 12.1 Å². The zero-order valence-corrected chi connectivity index (χ0v) is 17.0. The molecule has 0 spiro atoms. The molecule has 0 atom stereocenters. The summed E-state index contributed by atoms with van der Waals surface area (Å²) in [4.78, 5) is 13.9. The predicted octanol–water partition coefficient (Wildman–Crippen LogP) is 3.04. The van der Waals surface area contributed by atoms with Crippen LogP contribution in [0.1, 0.15) is 0 Å². The molecule has 6 nitrogen and oxygen atoms in total. The maximum absolute atomic E-state index is 13.0. The number of carbonyl (C=O) groups is 1. The molecule has 0 bridgehead atoms. The van der Waals surface area contributed by atoms with Gasteiger partial charge >= 0.3 is 0 Å². The molecular weight excluding hydrogens is 430 g/mol. The van der Waals surface area contributed by atoms with Crippen LogP contribution in [0.2, 0.25) is 10.0 Å². The molecule has 0 N–H and O–H groups in total. The number of amides is 1. The second-order valence-electron chi connectivity index (χ2n) is 6.10. The Bertz CT molecular complexity index is 962. The van der Waals surface area contributed by atoms with Gasteiger partial charge in [0.05, 0.1) is 9.92 Å². The third-order valence-corrected chi connectivity index (χ3v) is 6.75. The molecule has 2 aromatic carbocycles. The minimum absolute atomic E-state index is 0.0209. The van der Waals surface area contributed by atoms with Gasteiger partial charge in [0.15, 0.2) is 6.61 Å². The van der Waals surface area contributed by atoms with E-state index >= 15 is 0 Å². The van der Waals surface area contributed by atoms with Gasteiger partial charge in [-0.15, -0.1) is 0 Å². The smallest absolute Gasteiger partial charge is 0.260 e. The van der Waals surface area contributed by atoms with E-state index in [0.29, 0.717) is 15.8 Å². The Balaban J connectivity index is 1.56. The van der Waals surface area contributed by atoms with Gasteiger partial charge in [0.2, 0.25) is 10.0 Å². The first-order valence-corrected chi connectivity index (χ1v) is 10.6. The third kappa shape index (κ3) is 4.75. The molecule has 3 rings (SSSR count). The molecule has 1 saturated heterocycles. The van der Waals surface area contributed by atoms with Gasteiger partial charge in [-0.2, -0.15) is 4.31 Å². The molecule has 0 unspecified atom stereocenters. The lowest BCUT2D eigenvalue weighted by molar-refractivity contribution is -0.134. The molecule has 10 heteroatoms. The standard InChI is InChI=1S/C18H17Cl2FN2O4S/c19-13-1-6-16(20)17(11-13)27-12-18(24)22-7-9-23(10-8-22)28(25,26)15-4-2-14(21)3-5-15/h1-6,11H,7-10,12H2. The van der Waals surface area contributed by atoms with Crippen LogP contribution in [0.4, 0.5) is 4.39 Å². The summed E-state index contributed by atoms with van der Waals surface area (Å²) in [6.07, 6.45) is 0. The van der Waals surface area contributed by atoms with Crippen molar-refractivity contribution in [1.82, 2.24) is 9.21 Å². The Morgan fingerprint density at radius 3 is 2.32 bits per heavy atom. The summed E-state index contributed by atoms with van der Waals surface area (Å²) in [5.74, 6) is -0.482. The van der Waals surface area contributed by atoms with E-state index in [-0.39, 0.29) is 43.6 Å². The second kappa shape index (κ2) is 8.65. The molecule has 1 fully saturated rings. The first-order valence-electron chi connectivity index (χ1n) is 8.39. The molecule has 1 aliphatic rings. The van der Waals surface area contributed by atoms with E-state index in [0.717, 1.165) is 12.1 Å². The van der Waals surface area contributed by atoms with Crippen molar-refractivity contribution < 1.29 is 22.3 Å². The molecule has 1 aliphatic heterocycles. The minimum Gasteiger partial charge on any atom is -0.482 e. The molecule has 28 heavy (non-hydrogen) atoms. The average Bonchev–Trinajstić information content (AvgIpc) is 2.69. The van der Waals surface area contributed by atoms with E-state index in [9.17, 15) is 17.6 Å². The number of nitrogens with zero attached hydrogens (tertiary/aromatic N) is 2. The van der Waals surface area contributed by atoms with Crippen LogP contribution in [0.5, 0.6) is 5.75 Å². The van der Waals surface area contributed by atoms with Crippen LogP contribution in [0, 0.1) is 5.82 Å². The van der Waals surface area contributed by atoms with Crippen molar-refractivity contribution in [2.75, 3.05) is 32.8 Å². The third-order valence-electron chi connectivity index (χ3n) is 4.29. The Labute approximate surface area is 172 Å². The number of benzene rings is 2. The molecule has 150 valence electrons. The van der Waals surface area contributed by atoms with E-state index in [2.05, 4.69) is 0 Å². The summed E-state index contributed by atoms with van der Waals surface area (Å²) in [5.41, 5.74) is 0. The Kier molecular flexibility index (Phi) is 6.44. The highest BCUT2D eigenvalue weighted by atomic mass is 35.5. The van der Waals surface area contributed by atoms with E-state index in [4.69, 9.17) is 27.9 Å². The van der Waals surface area contributed by atoms with Crippen molar-refractivity contribution in [2.45, 2.75) is 4.90 Å². The van der Waals surface area contributed by atoms with E-state index in [1.165, 1.54) is 27.4 Å². The maximum Gasteiger partial charge on any atom is 0.260 e. The number of rotatable bonds is 5. The van der Waals surface area contributed by atoms with Crippen molar-refractivity contribution >= 4 is 39.1 Å². The largest absolute Gasteiger partial charge is 0.482 e. The highest BCUT2D eigenvalue weighted by Crippen LogP contribution is 2.27. The number of piperazine rings is 1. The zero-order valence-electron chi connectivity index (χ0n) is 14.6. The van der Waals surface area contributed by atoms with Crippen molar-refractivity contribution in [2.24, 2.45) is 0 Å². The summed E-state index contributed by atoms with van der Waals surface area (Å²) in [7, 11) is -3.73. The van der Waals surface area contributed by atoms with Crippen LogP contribution in [0.15, 0.2) is 47.4 Å². The van der Waals surface area contributed by atoms with Gasteiger partial charge in [-0.05, 0) is 36.4 Å². The monoisotopic (exact) mass is 446 g/mol. The number of hydrogen-bond donors (Lipinski definition) is 0. The van der Waals surface area contributed by atoms with Crippen molar-refractivity contribution in [3.05, 3.63) is 58.3 Å². The molecule has 0 radical (unpaired) electrons. The van der Waals surface area contributed by atoms with Crippen LogP contribution < -0.4 is 4.74 Å². The molecule has 0 aliphatic carbocycles. The topological polar surface area (TPSA) is 66.9 Å². The summed E-state index contributed by atoms with van der Waals surface area (Å²) >= 11 is 11.9. The van der Waals surface area contributed by atoms with Crippen molar-refractivity contribution in [1.29, 1.82) is 0 Å².